The van der Waals surface area contributed by atoms with E-state index in [0.29, 0.717) is 16.8 Å². The van der Waals surface area contributed by atoms with Crippen molar-refractivity contribution in [3.05, 3.63) is 53.2 Å². The molecule has 28 heavy (non-hydrogen) atoms. The van der Waals surface area contributed by atoms with Crippen LogP contribution in [0.25, 0.3) is 10.9 Å². The van der Waals surface area contributed by atoms with Crippen LogP contribution in [0.4, 0.5) is 4.39 Å². The molecule has 3 rings (SSSR count). The summed E-state index contributed by atoms with van der Waals surface area (Å²) >= 11 is 0. The number of aromatic nitrogens is 4. The summed E-state index contributed by atoms with van der Waals surface area (Å²) in [6.07, 6.45) is 4.67. The van der Waals surface area contributed by atoms with Gasteiger partial charge < -0.3 is 10.0 Å². The van der Waals surface area contributed by atoms with Gasteiger partial charge in [0.05, 0.1) is 28.7 Å². The average molecular weight is 385 g/mol. The molecule has 7 nitrogen and oxygen atoms in total. The van der Waals surface area contributed by atoms with E-state index >= 15 is 0 Å². The Kier molecular flexibility index (Phi) is 6.30. The minimum Gasteiger partial charge on any atom is -0.478 e. The maximum Gasteiger partial charge on any atom is 0.337 e. The molecule has 0 atom stereocenters. The molecule has 2 heterocycles. The maximum absolute atomic E-state index is 13.8. The van der Waals surface area contributed by atoms with Crippen molar-refractivity contribution in [1.29, 1.82) is 0 Å². The Morgan fingerprint density at radius 1 is 1.18 bits per heavy atom. The highest BCUT2D eigenvalue weighted by Crippen LogP contribution is 2.23. The third-order valence-electron chi connectivity index (χ3n) is 4.63. The lowest BCUT2D eigenvalue weighted by atomic mass is 10.1. The molecule has 0 saturated heterocycles. The predicted octanol–water partition coefficient (Wildman–Crippen LogP) is 2.99. The van der Waals surface area contributed by atoms with E-state index in [2.05, 4.69) is 34.3 Å². The van der Waals surface area contributed by atoms with Crippen LogP contribution in [0.2, 0.25) is 0 Å². The van der Waals surface area contributed by atoms with Gasteiger partial charge in [-0.2, -0.15) is 15.3 Å². The molecule has 1 aromatic carbocycles. The van der Waals surface area contributed by atoms with Gasteiger partial charge in [0, 0.05) is 18.4 Å². The number of carbonyl (C=O) groups is 1. The van der Waals surface area contributed by atoms with Crippen LogP contribution in [0, 0.1) is 5.82 Å². The topological polar surface area (TPSA) is 84.1 Å². The molecule has 0 saturated carbocycles. The normalized spacial score (nSPS) is 11.4. The number of halogens is 1. The second kappa shape index (κ2) is 8.88. The van der Waals surface area contributed by atoms with E-state index in [4.69, 9.17) is 0 Å². The Labute approximate surface area is 162 Å². The molecule has 0 bridgehead atoms. The third kappa shape index (κ3) is 4.69. The summed E-state index contributed by atoms with van der Waals surface area (Å²) in [5, 5.41) is 22.4. The predicted molar refractivity (Wildman–Crippen MR) is 104 cm³/mol. The summed E-state index contributed by atoms with van der Waals surface area (Å²) in [7, 11) is 4.11. The lowest BCUT2D eigenvalue weighted by Crippen LogP contribution is -2.13. The molecular formula is C20H24FN5O2. The molecular weight excluding hydrogens is 361 g/mol. The third-order valence-corrected chi connectivity index (χ3v) is 4.63. The highest BCUT2D eigenvalue weighted by Gasteiger charge is 2.17. The first-order valence-electron chi connectivity index (χ1n) is 9.29. The van der Waals surface area contributed by atoms with Crippen molar-refractivity contribution < 1.29 is 14.3 Å². The van der Waals surface area contributed by atoms with Crippen LogP contribution < -0.4 is 0 Å². The molecule has 0 spiro atoms. The summed E-state index contributed by atoms with van der Waals surface area (Å²) in [6.45, 7) is 1.77. The number of aromatic carboxylic acids is 1. The van der Waals surface area contributed by atoms with Gasteiger partial charge >= 0.3 is 5.97 Å². The van der Waals surface area contributed by atoms with E-state index in [1.807, 2.05) is 4.68 Å². The number of aryl methyl sites for hydroxylation is 1. The number of carboxylic acids is 1. The van der Waals surface area contributed by atoms with Crippen LogP contribution in [0.5, 0.6) is 0 Å². The van der Waals surface area contributed by atoms with Crippen molar-refractivity contribution >= 4 is 16.9 Å². The Bertz CT molecular complexity index is 970. The van der Waals surface area contributed by atoms with Crippen molar-refractivity contribution in [3.63, 3.8) is 0 Å². The SMILES string of the molecule is CN(C)CCCCCn1nc(Cc2nnccc2C(=O)O)c2cc(F)ccc21. The highest BCUT2D eigenvalue weighted by molar-refractivity contribution is 5.89. The Balaban J connectivity index is 1.85. The average Bonchev–Trinajstić information content (AvgIpc) is 2.98. The van der Waals surface area contributed by atoms with E-state index in [0.717, 1.165) is 37.9 Å². The van der Waals surface area contributed by atoms with Crippen molar-refractivity contribution in [2.75, 3.05) is 20.6 Å². The van der Waals surface area contributed by atoms with Gasteiger partial charge in [-0.1, -0.05) is 6.42 Å². The minimum absolute atomic E-state index is 0.0813. The van der Waals surface area contributed by atoms with Crippen LogP contribution in [-0.4, -0.2) is 56.6 Å². The fourth-order valence-electron chi connectivity index (χ4n) is 3.23. The molecule has 0 unspecified atom stereocenters. The first-order chi connectivity index (χ1) is 13.5. The summed E-state index contributed by atoms with van der Waals surface area (Å²) < 4.78 is 15.7. The Morgan fingerprint density at radius 3 is 2.75 bits per heavy atom. The number of fused-ring (bicyclic) bond motifs is 1. The zero-order valence-corrected chi connectivity index (χ0v) is 16.1. The molecule has 3 aromatic rings. The smallest absolute Gasteiger partial charge is 0.337 e. The molecule has 0 aliphatic carbocycles. The molecule has 2 aromatic heterocycles. The number of benzene rings is 1. The van der Waals surface area contributed by atoms with Crippen molar-refractivity contribution in [2.24, 2.45) is 0 Å². The van der Waals surface area contributed by atoms with Gasteiger partial charge in [-0.3, -0.25) is 4.68 Å². The molecule has 0 radical (unpaired) electrons. The van der Waals surface area contributed by atoms with Gasteiger partial charge in [0.25, 0.3) is 0 Å². The van der Waals surface area contributed by atoms with Gasteiger partial charge in [-0.25, -0.2) is 9.18 Å². The lowest BCUT2D eigenvalue weighted by Gasteiger charge is -2.09. The fourth-order valence-corrected chi connectivity index (χ4v) is 3.23. The second-order valence-corrected chi connectivity index (χ2v) is 7.07. The van der Waals surface area contributed by atoms with Crippen molar-refractivity contribution in [2.45, 2.75) is 32.2 Å². The van der Waals surface area contributed by atoms with E-state index in [-0.39, 0.29) is 17.8 Å². The molecule has 8 heteroatoms. The quantitative estimate of drug-likeness (QED) is 0.570. The second-order valence-electron chi connectivity index (χ2n) is 7.07. The largest absolute Gasteiger partial charge is 0.478 e. The monoisotopic (exact) mass is 385 g/mol. The van der Waals surface area contributed by atoms with Gasteiger partial charge in [0.15, 0.2) is 0 Å². The van der Waals surface area contributed by atoms with Crippen molar-refractivity contribution in [3.8, 4) is 0 Å². The van der Waals surface area contributed by atoms with Crippen LogP contribution in [-0.2, 0) is 13.0 Å². The van der Waals surface area contributed by atoms with E-state index in [1.54, 1.807) is 6.07 Å². The van der Waals surface area contributed by atoms with E-state index in [9.17, 15) is 14.3 Å². The van der Waals surface area contributed by atoms with Crippen LogP contribution in [0.1, 0.15) is 41.0 Å². The lowest BCUT2D eigenvalue weighted by molar-refractivity contribution is 0.0695. The maximum atomic E-state index is 13.8. The van der Waals surface area contributed by atoms with Crippen LogP contribution in [0.15, 0.2) is 30.5 Å². The Morgan fingerprint density at radius 2 is 2.00 bits per heavy atom. The van der Waals surface area contributed by atoms with Gasteiger partial charge in [0.1, 0.15) is 5.82 Å². The molecule has 0 fully saturated rings. The van der Waals surface area contributed by atoms with E-state index in [1.165, 1.54) is 24.4 Å². The standard InChI is InChI=1S/C20H24FN5O2/c1-25(2)10-4-3-5-11-26-19-7-6-14(21)12-16(19)18(24-26)13-17-15(20(27)28)8-9-22-23-17/h6-9,12H,3-5,10-11,13H2,1-2H3,(H,27,28). The number of unbranched alkanes of at least 4 members (excludes halogenated alkanes) is 2. The Hall–Kier alpha value is -2.87. The van der Waals surface area contributed by atoms with Gasteiger partial charge in [0.2, 0.25) is 0 Å². The number of carboxylic acid groups (broad SMARTS) is 1. The summed E-state index contributed by atoms with van der Waals surface area (Å²) in [5.41, 5.74) is 1.84. The first-order valence-corrected chi connectivity index (χ1v) is 9.29. The van der Waals surface area contributed by atoms with Gasteiger partial charge in [-0.05, 0) is 57.7 Å². The number of rotatable bonds is 9. The van der Waals surface area contributed by atoms with Crippen LogP contribution >= 0.6 is 0 Å². The number of hydrogen-bond acceptors (Lipinski definition) is 5. The highest BCUT2D eigenvalue weighted by atomic mass is 19.1. The van der Waals surface area contributed by atoms with Crippen LogP contribution in [0.3, 0.4) is 0 Å². The molecule has 0 aliphatic rings. The molecule has 0 amide bonds. The number of nitrogens with zero attached hydrogens (tertiary/aromatic N) is 5. The van der Waals surface area contributed by atoms with E-state index < -0.39 is 5.97 Å². The summed E-state index contributed by atoms with van der Waals surface area (Å²) in [5.74, 6) is -1.42. The summed E-state index contributed by atoms with van der Waals surface area (Å²) in [6, 6.07) is 5.99. The summed E-state index contributed by atoms with van der Waals surface area (Å²) in [4.78, 5) is 13.6. The first kappa shape index (κ1) is 19.9. The minimum atomic E-state index is -1.07. The van der Waals surface area contributed by atoms with Crippen molar-refractivity contribution in [1.82, 2.24) is 24.9 Å². The zero-order chi connectivity index (χ0) is 20.1. The van der Waals surface area contributed by atoms with Gasteiger partial charge in [-0.15, -0.1) is 0 Å². The fraction of sp³-hybridized carbons (Fsp3) is 0.400. The number of hydrogen-bond donors (Lipinski definition) is 1. The molecule has 0 aliphatic heterocycles. The molecule has 148 valence electrons. The zero-order valence-electron chi connectivity index (χ0n) is 16.1. The molecule has 1 N–H and O–H groups in total.